The van der Waals surface area contributed by atoms with Crippen LogP contribution in [0.3, 0.4) is 0 Å². The zero-order valence-corrected chi connectivity index (χ0v) is 25.0. The van der Waals surface area contributed by atoms with Gasteiger partial charge in [0.05, 0.1) is 28.8 Å². The predicted octanol–water partition coefficient (Wildman–Crippen LogP) is 3.19. The standard InChI is InChI=1S/C34H36N6O4/c1-15-7-8-20(29(41)37-15)40-30(42)18-5-4-6-19(21(18)31(40)43)35-12-16-13-36-39(14-16)17-9-10-38(33(2,3)11-17)32(44)34-26-23-22-24(26)28(34)25(22)27(23)34/h4-6,13-14,17,20,22-28,35H,1,7-12H2,2-3H3,(H,37,41)/t17-,20?,22?,23?,24?,25?,26?,27?,28?,34?/m0/s1. The van der Waals surface area contributed by atoms with Gasteiger partial charge in [-0.25, -0.2) is 0 Å². The summed E-state index contributed by atoms with van der Waals surface area (Å²) in [5.41, 5.74) is 2.56. The molecule has 3 aliphatic heterocycles. The number of carbonyl (C=O) groups excluding carboxylic acids is 4. The minimum absolute atomic E-state index is 0.0436. The van der Waals surface area contributed by atoms with Crippen molar-refractivity contribution in [2.24, 2.45) is 46.8 Å². The van der Waals surface area contributed by atoms with Gasteiger partial charge in [-0.1, -0.05) is 12.6 Å². The fraction of sp³-hybridized carbons (Fsp3) is 0.559. The molecule has 10 heteroatoms. The highest BCUT2D eigenvalue weighted by Gasteiger charge is 3.06. The van der Waals surface area contributed by atoms with Gasteiger partial charge in [0.15, 0.2) is 0 Å². The minimum Gasteiger partial charge on any atom is -0.380 e. The van der Waals surface area contributed by atoms with Crippen LogP contribution in [0.15, 0.2) is 42.9 Å². The van der Waals surface area contributed by atoms with Gasteiger partial charge in [0.25, 0.3) is 11.8 Å². The Balaban J connectivity index is 0.815. The first kappa shape index (κ1) is 25.4. The molecule has 0 bridgehead atoms. The summed E-state index contributed by atoms with van der Waals surface area (Å²) in [6.45, 7) is 9.43. The quantitative estimate of drug-likeness (QED) is 0.498. The Morgan fingerprint density at radius 1 is 1.07 bits per heavy atom. The number of aromatic nitrogens is 2. The van der Waals surface area contributed by atoms with Crippen LogP contribution >= 0.6 is 0 Å². The summed E-state index contributed by atoms with van der Waals surface area (Å²) in [4.78, 5) is 56.6. The second-order valence-electron chi connectivity index (χ2n) is 15.3. The number of allylic oxidation sites excluding steroid dienone is 1. The topological polar surface area (TPSA) is 117 Å². The number of rotatable bonds is 6. The number of likely N-dealkylation sites (tertiary alicyclic amines) is 1. The van der Waals surface area contributed by atoms with E-state index in [4.69, 9.17) is 5.10 Å². The number of amides is 4. The molecule has 2 atom stereocenters. The van der Waals surface area contributed by atoms with E-state index < -0.39 is 17.9 Å². The molecule has 0 radical (unpaired) electrons. The lowest BCUT2D eigenvalue weighted by Crippen LogP contribution is -3.07. The van der Waals surface area contributed by atoms with Crippen LogP contribution in [0, 0.1) is 46.8 Å². The lowest BCUT2D eigenvalue weighted by Gasteiger charge is -3.06. The number of nitrogens with zero attached hydrogens (tertiary/aromatic N) is 4. The van der Waals surface area contributed by atoms with Crippen molar-refractivity contribution in [3.8, 4) is 0 Å². The molecule has 6 saturated carbocycles. The average molecular weight is 593 g/mol. The largest absolute Gasteiger partial charge is 0.380 e. The SMILES string of the molecule is C=C1CCC(N2C(=O)c3cccc(NCc4cnn([C@H]5CCN(C(=O)C67C8C9C%10C8C6C%10C97)C(C)(C)C5)c4)c3C2=O)C(=O)N1. The molecule has 2 N–H and O–H groups in total. The third kappa shape index (κ3) is 2.63. The maximum Gasteiger partial charge on any atom is 0.264 e. The van der Waals surface area contributed by atoms with E-state index in [0.29, 0.717) is 47.8 Å². The lowest BCUT2D eigenvalue weighted by atomic mass is 8.96. The number of piperidine rings is 2. The summed E-state index contributed by atoms with van der Waals surface area (Å²) < 4.78 is 2.03. The van der Waals surface area contributed by atoms with Crippen LogP contribution in [0.25, 0.3) is 0 Å². The minimum atomic E-state index is -0.842. The first-order valence-electron chi connectivity index (χ1n) is 16.2. The third-order valence-corrected chi connectivity index (χ3v) is 13.3. The fourth-order valence-corrected chi connectivity index (χ4v) is 11.7. The smallest absolute Gasteiger partial charge is 0.264 e. The highest BCUT2D eigenvalue weighted by molar-refractivity contribution is 6.25. The summed E-state index contributed by atoms with van der Waals surface area (Å²) in [5, 5.41) is 10.7. The van der Waals surface area contributed by atoms with Crippen molar-refractivity contribution in [2.75, 3.05) is 11.9 Å². The summed E-state index contributed by atoms with van der Waals surface area (Å²) in [7, 11) is 0. The molecule has 1 unspecified atom stereocenters. The van der Waals surface area contributed by atoms with E-state index in [1.807, 2.05) is 17.1 Å². The maximum atomic E-state index is 14.0. The molecule has 44 heavy (non-hydrogen) atoms. The zero-order valence-electron chi connectivity index (χ0n) is 25.0. The van der Waals surface area contributed by atoms with Crippen LogP contribution < -0.4 is 10.6 Å². The van der Waals surface area contributed by atoms with Crippen molar-refractivity contribution in [1.82, 2.24) is 24.9 Å². The van der Waals surface area contributed by atoms with Gasteiger partial charge in [0.2, 0.25) is 11.8 Å². The van der Waals surface area contributed by atoms with Gasteiger partial charge in [-0.15, -0.1) is 0 Å². The number of hydrogen-bond acceptors (Lipinski definition) is 6. The van der Waals surface area contributed by atoms with Gasteiger partial charge in [0.1, 0.15) is 6.04 Å². The molecule has 0 spiro atoms. The van der Waals surface area contributed by atoms with Crippen molar-refractivity contribution in [2.45, 2.75) is 63.7 Å². The van der Waals surface area contributed by atoms with Gasteiger partial charge >= 0.3 is 0 Å². The Morgan fingerprint density at radius 2 is 1.82 bits per heavy atom. The molecule has 2 aromatic rings. The van der Waals surface area contributed by atoms with Crippen molar-refractivity contribution in [1.29, 1.82) is 0 Å². The van der Waals surface area contributed by atoms with E-state index in [1.54, 1.807) is 18.2 Å². The number of anilines is 1. The third-order valence-electron chi connectivity index (χ3n) is 13.3. The molecule has 4 heterocycles. The molecule has 8 fully saturated rings. The maximum absolute atomic E-state index is 14.0. The van der Waals surface area contributed by atoms with Crippen LogP contribution in [0.4, 0.5) is 5.69 Å². The van der Waals surface area contributed by atoms with E-state index >= 15 is 0 Å². The second-order valence-corrected chi connectivity index (χ2v) is 15.3. The first-order valence-corrected chi connectivity index (χ1v) is 16.2. The van der Waals surface area contributed by atoms with Crippen molar-refractivity contribution in [3.63, 3.8) is 0 Å². The summed E-state index contributed by atoms with van der Waals surface area (Å²) in [6.07, 6.45) is 6.53. The van der Waals surface area contributed by atoms with Gasteiger partial charge in [0, 0.05) is 41.8 Å². The predicted molar refractivity (Wildman–Crippen MR) is 158 cm³/mol. The molecular weight excluding hydrogens is 556 g/mol. The second kappa shape index (κ2) is 7.82. The Hall–Kier alpha value is -3.95. The number of benzene rings is 1. The van der Waals surface area contributed by atoms with Crippen LogP contribution in [-0.2, 0) is 16.1 Å². The number of hydrogen-bond donors (Lipinski definition) is 2. The summed E-state index contributed by atoms with van der Waals surface area (Å²) in [6, 6.07) is 4.55. The number of nitrogens with one attached hydrogen (secondary N) is 2. The van der Waals surface area contributed by atoms with E-state index in [0.717, 1.165) is 71.3 Å². The van der Waals surface area contributed by atoms with Crippen LogP contribution in [0.2, 0.25) is 0 Å². The molecule has 226 valence electrons. The summed E-state index contributed by atoms with van der Waals surface area (Å²) >= 11 is 0. The molecule has 11 rings (SSSR count). The van der Waals surface area contributed by atoms with Crippen molar-refractivity contribution in [3.05, 3.63) is 59.6 Å². The van der Waals surface area contributed by atoms with Gasteiger partial charge in [-0.05, 0) is 93.1 Å². The lowest BCUT2D eigenvalue weighted by molar-refractivity contribution is -0.597. The van der Waals surface area contributed by atoms with Crippen molar-refractivity contribution < 1.29 is 19.2 Å². The normalized spacial score (nSPS) is 41.0. The molecule has 9 aliphatic rings. The highest BCUT2D eigenvalue weighted by atomic mass is 16.2. The van der Waals surface area contributed by atoms with Gasteiger partial charge < -0.3 is 15.5 Å². The Bertz CT molecular complexity index is 1710. The average Bonchev–Trinajstić information content (AvgIpc) is 3.58. The molecule has 4 amide bonds. The number of carbonyl (C=O) groups is 4. The number of fused-ring (bicyclic) bond motifs is 1. The van der Waals surface area contributed by atoms with E-state index in [1.165, 1.54) is 0 Å². The van der Waals surface area contributed by atoms with Crippen LogP contribution in [0.1, 0.15) is 71.9 Å². The van der Waals surface area contributed by atoms with Gasteiger partial charge in [-0.2, -0.15) is 5.10 Å². The molecule has 10 nitrogen and oxygen atoms in total. The number of imide groups is 1. The van der Waals surface area contributed by atoms with Crippen molar-refractivity contribution >= 4 is 29.3 Å². The van der Waals surface area contributed by atoms with E-state index in [9.17, 15) is 19.2 Å². The molecule has 2 saturated heterocycles. The van der Waals surface area contributed by atoms with E-state index in [-0.39, 0.29) is 22.9 Å². The van der Waals surface area contributed by atoms with Gasteiger partial charge in [-0.3, -0.25) is 28.8 Å². The molecular formula is C34H36N6O4. The Morgan fingerprint density at radius 3 is 2.52 bits per heavy atom. The Kier molecular flexibility index (Phi) is 4.51. The monoisotopic (exact) mass is 592 g/mol. The van der Waals surface area contributed by atoms with E-state index in [2.05, 4.69) is 36.0 Å². The first-order chi connectivity index (χ1) is 21.1. The molecule has 6 aliphatic carbocycles. The molecule has 1 aromatic heterocycles. The van der Waals surface area contributed by atoms with Crippen LogP contribution in [-0.4, -0.2) is 61.3 Å². The van der Waals surface area contributed by atoms with Crippen LogP contribution in [0.5, 0.6) is 0 Å². The fourth-order valence-electron chi connectivity index (χ4n) is 11.7. The zero-order chi connectivity index (χ0) is 30.0. The Labute approximate surface area is 255 Å². The molecule has 1 aromatic carbocycles. The summed E-state index contributed by atoms with van der Waals surface area (Å²) in [5.74, 6) is 5.10. The highest BCUT2D eigenvalue weighted by Crippen LogP contribution is 3.06.